The number of fused-ring (bicyclic) bond motifs is 2. The van der Waals surface area contributed by atoms with Crippen LogP contribution in [0, 0.1) is 0 Å². The number of carbonyl (C=O) groups excluding carboxylic acids is 2. The maximum absolute atomic E-state index is 14.4. The lowest BCUT2D eigenvalue weighted by Gasteiger charge is -2.21. The second-order valence-corrected chi connectivity index (χ2v) is 11.3. The summed E-state index contributed by atoms with van der Waals surface area (Å²) >= 11 is 1.53. The Morgan fingerprint density at radius 1 is 1.17 bits per heavy atom. The molecule has 0 fully saturated rings. The van der Waals surface area contributed by atoms with Crippen molar-refractivity contribution < 1.29 is 36.6 Å². The molecule has 0 saturated heterocycles. The highest BCUT2D eigenvalue weighted by atomic mass is 32.1. The van der Waals surface area contributed by atoms with Gasteiger partial charge in [-0.2, -0.15) is 13.2 Å². The van der Waals surface area contributed by atoms with Gasteiger partial charge in [0.1, 0.15) is 15.5 Å². The van der Waals surface area contributed by atoms with E-state index in [4.69, 9.17) is 9.47 Å². The second-order valence-electron chi connectivity index (χ2n) is 9.13. The normalized spacial score (nSPS) is 18.0. The molecule has 0 bridgehead atoms. The minimum absolute atomic E-state index is 0.0380. The summed E-state index contributed by atoms with van der Waals surface area (Å²) in [6.07, 6.45) is -5.60. The number of anilines is 1. The SMILES string of the molecule is CC(C)(C)OC(=O)c1c(NC(=O)NCc2c(C(F)(F)F)sc3c2CCNC3)sc2c1CCOC2F. The van der Waals surface area contributed by atoms with E-state index >= 15 is 0 Å². The average Bonchev–Trinajstić information content (AvgIpc) is 3.30. The lowest BCUT2D eigenvalue weighted by atomic mass is 10.0. The van der Waals surface area contributed by atoms with Crippen LogP contribution in [0.5, 0.6) is 0 Å². The summed E-state index contributed by atoms with van der Waals surface area (Å²) in [5.74, 6) is -0.724. The molecule has 4 heterocycles. The number of urea groups is 1. The van der Waals surface area contributed by atoms with E-state index in [0.29, 0.717) is 46.9 Å². The molecule has 0 spiro atoms. The molecule has 1 unspecified atom stereocenters. The van der Waals surface area contributed by atoms with E-state index in [1.807, 2.05) is 0 Å². The molecule has 2 aromatic heterocycles. The summed E-state index contributed by atoms with van der Waals surface area (Å²) in [4.78, 5) is 25.6. The molecule has 192 valence electrons. The van der Waals surface area contributed by atoms with Crippen LogP contribution < -0.4 is 16.0 Å². The van der Waals surface area contributed by atoms with E-state index in [0.717, 1.165) is 11.3 Å². The van der Waals surface area contributed by atoms with E-state index in [1.54, 1.807) is 20.8 Å². The number of halogens is 4. The number of hydrogen-bond donors (Lipinski definition) is 3. The van der Waals surface area contributed by atoms with Crippen molar-refractivity contribution in [3.8, 4) is 0 Å². The zero-order valence-electron chi connectivity index (χ0n) is 19.3. The highest BCUT2D eigenvalue weighted by molar-refractivity contribution is 7.17. The van der Waals surface area contributed by atoms with Crippen molar-refractivity contribution in [1.29, 1.82) is 0 Å². The number of amides is 2. The highest BCUT2D eigenvalue weighted by Crippen LogP contribution is 2.43. The molecule has 2 amide bonds. The highest BCUT2D eigenvalue weighted by Gasteiger charge is 2.39. The Morgan fingerprint density at radius 2 is 1.91 bits per heavy atom. The lowest BCUT2D eigenvalue weighted by molar-refractivity contribution is -0.135. The van der Waals surface area contributed by atoms with E-state index in [2.05, 4.69) is 16.0 Å². The minimum Gasteiger partial charge on any atom is -0.456 e. The lowest BCUT2D eigenvalue weighted by Crippen LogP contribution is -2.31. The van der Waals surface area contributed by atoms with Gasteiger partial charge in [0, 0.05) is 18.0 Å². The molecule has 1 atom stereocenters. The number of ether oxygens (including phenoxy) is 2. The molecule has 0 radical (unpaired) electrons. The van der Waals surface area contributed by atoms with Gasteiger partial charge < -0.3 is 20.1 Å². The first-order valence-electron chi connectivity index (χ1n) is 11.0. The minimum atomic E-state index is -4.54. The van der Waals surface area contributed by atoms with Gasteiger partial charge in [-0.3, -0.25) is 5.32 Å². The second kappa shape index (κ2) is 9.68. The maximum Gasteiger partial charge on any atom is 0.425 e. The molecule has 35 heavy (non-hydrogen) atoms. The van der Waals surface area contributed by atoms with Gasteiger partial charge in [0.25, 0.3) is 0 Å². The van der Waals surface area contributed by atoms with Crippen LogP contribution in [-0.4, -0.2) is 30.8 Å². The monoisotopic (exact) mass is 535 g/mol. The summed E-state index contributed by atoms with van der Waals surface area (Å²) in [7, 11) is 0. The number of nitrogens with one attached hydrogen (secondary N) is 3. The third-order valence-electron chi connectivity index (χ3n) is 5.41. The smallest absolute Gasteiger partial charge is 0.425 e. The Hall–Kier alpha value is -2.22. The van der Waals surface area contributed by atoms with Gasteiger partial charge in [-0.15, -0.1) is 22.7 Å². The first-order valence-corrected chi connectivity index (χ1v) is 12.6. The third kappa shape index (κ3) is 5.63. The Kier molecular flexibility index (Phi) is 7.15. The molecule has 3 N–H and O–H groups in total. The first-order chi connectivity index (χ1) is 16.3. The fraction of sp³-hybridized carbons (Fsp3) is 0.545. The van der Waals surface area contributed by atoms with Gasteiger partial charge in [0.15, 0.2) is 0 Å². The van der Waals surface area contributed by atoms with Crippen molar-refractivity contribution in [3.63, 3.8) is 0 Å². The van der Waals surface area contributed by atoms with Gasteiger partial charge in [-0.1, -0.05) is 0 Å². The van der Waals surface area contributed by atoms with Gasteiger partial charge in [0.2, 0.25) is 6.36 Å². The largest absolute Gasteiger partial charge is 0.456 e. The van der Waals surface area contributed by atoms with Crippen molar-refractivity contribution in [1.82, 2.24) is 10.6 Å². The van der Waals surface area contributed by atoms with Crippen LogP contribution in [-0.2, 0) is 41.6 Å². The summed E-state index contributed by atoms with van der Waals surface area (Å²) in [5.41, 5.74) is 0.254. The molecular weight excluding hydrogens is 510 g/mol. The van der Waals surface area contributed by atoms with E-state index in [9.17, 15) is 27.2 Å². The Bertz CT molecular complexity index is 1140. The van der Waals surface area contributed by atoms with Crippen LogP contribution in [0.15, 0.2) is 0 Å². The summed E-state index contributed by atoms with van der Waals surface area (Å²) < 4.78 is 65.7. The van der Waals surface area contributed by atoms with E-state index < -0.39 is 35.0 Å². The van der Waals surface area contributed by atoms with Crippen LogP contribution in [0.3, 0.4) is 0 Å². The van der Waals surface area contributed by atoms with Crippen molar-refractivity contribution in [2.75, 3.05) is 18.5 Å². The van der Waals surface area contributed by atoms with Crippen LogP contribution in [0.25, 0.3) is 0 Å². The Morgan fingerprint density at radius 3 is 2.60 bits per heavy atom. The molecule has 2 aliphatic heterocycles. The standard InChI is InChI=1S/C22H25F4N3O4S2/c1-21(2,3)33-19(30)14-11-5-7-32-17(23)15(11)35-18(14)29-20(31)28-8-12-10-4-6-27-9-13(10)34-16(12)22(24,25)26/h17,27H,4-9H2,1-3H3,(H2,28,29,31). The summed E-state index contributed by atoms with van der Waals surface area (Å²) in [5, 5.41) is 8.09. The fourth-order valence-corrected chi connectivity index (χ4v) is 6.38. The van der Waals surface area contributed by atoms with Crippen molar-refractivity contribution in [2.24, 2.45) is 0 Å². The topological polar surface area (TPSA) is 88.7 Å². The Labute approximate surface area is 207 Å². The molecule has 0 aromatic carbocycles. The zero-order chi connectivity index (χ0) is 25.5. The maximum atomic E-state index is 14.4. The third-order valence-corrected chi connectivity index (χ3v) is 7.89. The predicted molar refractivity (Wildman–Crippen MR) is 124 cm³/mol. The van der Waals surface area contributed by atoms with Gasteiger partial charge in [-0.05, 0) is 56.8 Å². The van der Waals surface area contributed by atoms with Crippen LogP contribution >= 0.6 is 22.7 Å². The number of carbonyl (C=O) groups is 2. The van der Waals surface area contributed by atoms with Crippen molar-refractivity contribution in [2.45, 2.75) is 64.8 Å². The van der Waals surface area contributed by atoms with Gasteiger partial charge in [-0.25, -0.2) is 14.0 Å². The summed E-state index contributed by atoms with van der Waals surface area (Å²) in [6.45, 7) is 5.66. The number of alkyl halides is 4. The average molecular weight is 536 g/mol. The fourth-order valence-electron chi connectivity index (χ4n) is 4.02. The number of esters is 1. The molecule has 13 heteroatoms. The molecule has 2 aromatic rings. The Balaban J connectivity index is 1.56. The van der Waals surface area contributed by atoms with Crippen molar-refractivity contribution >= 4 is 39.7 Å². The zero-order valence-corrected chi connectivity index (χ0v) is 20.9. The van der Waals surface area contributed by atoms with Gasteiger partial charge in [0.05, 0.1) is 17.0 Å². The summed E-state index contributed by atoms with van der Waals surface area (Å²) in [6, 6.07) is -0.813. The predicted octanol–water partition coefficient (Wildman–Crippen LogP) is 5.29. The molecule has 4 rings (SSSR count). The molecule has 0 aliphatic carbocycles. The van der Waals surface area contributed by atoms with Crippen molar-refractivity contribution in [3.05, 3.63) is 36.9 Å². The quantitative estimate of drug-likeness (QED) is 0.366. The van der Waals surface area contributed by atoms with Crippen LogP contribution in [0.4, 0.5) is 27.4 Å². The number of hydrogen-bond acceptors (Lipinski definition) is 7. The van der Waals surface area contributed by atoms with E-state index in [1.165, 1.54) is 0 Å². The molecular formula is C22H25F4N3O4S2. The van der Waals surface area contributed by atoms with Crippen LogP contribution in [0.1, 0.15) is 68.8 Å². The molecule has 7 nitrogen and oxygen atoms in total. The van der Waals surface area contributed by atoms with E-state index in [-0.39, 0.29) is 40.6 Å². The van der Waals surface area contributed by atoms with Crippen LogP contribution in [0.2, 0.25) is 0 Å². The number of rotatable bonds is 4. The molecule has 2 aliphatic rings. The number of thiophene rings is 2. The first kappa shape index (κ1) is 25.9. The molecule has 0 saturated carbocycles. The van der Waals surface area contributed by atoms with Gasteiger partial charge >= 0.3 is 18.2 Å².